The van der Waals surface area contributed by atoms with Crippen molar-refractivity contribution in [2.75, 3.05) is 11.4 Å². The van der Waals surface area contributed by atoms with Crippen molar-refractivity contribution in [3.8, 4) is 0 Å². The van der Waals surface area contributed by atoms with Gasteiger partial charge in [-0.2, -0.15) is 0 Å². The van der Waals surface area contributed by atoms with E-state index in [4.69, 9.17) is 0 Å². The van der Waals surface area contributed by atoms with Gasteiger partial charge in [-0.1, -0.05) is 18.2 Å². The molecule has 2 heterocycles. The first-order valence-electron chi connectivity index (χ1n) is 6.74. The number of hydrogen-bond donors (Lipinski definition) is 0. The second-order valence-electron chi connectivity index (χ2n) is 5.03. The Labute approximate surface area is 113 Å². The molecule has 0 unspecified atom stereocenters. The van der Waals surface area contributed by atoms with Crippen LogP contribution in [0.3, 0.4) is 0 Å². The number of carbonyl (C=O) groups is 1. The molecule has 0 spiro atoms. The van der Waals surface area contributed by atoms with E-state index in [9.17, 15) is 4.79 Å². The summed E-state index contributed by atoms with van der Waals surface area (Å²) < 4.78 is 2.07. The number of fused-ring (bicyclic) bond motifs is 1. The van der Waals surface area contributed by atoms with Gasteiger partial charge in [0.05, 0.1) is 0 Å². The summed E-state index contributed by atoms with van der Waals surface area (Å²) in [6.07, 6.45) is 4.38. The van der Waals surface area contributed by atoms with Gasteiger partial charge < -0.3 is 9.47 Å². The van der Waals surface area contributed by atoms with E-state index in [1.54, 1.807) is 0 Å². The topological polar surface area (TPSA) is 25.2 Å². The highest BCUT2D eigenvalue weighted by Crippen LogP contribution is 2.28. The number of amides is 1. The highest BCUT2D eigenvalue weighted by atomic mass is 16.2. The van der Waals surface area contributed by atoms with Crippen LogP contribution in [-0.4, -0.2) is 17.0 Å². The third-order valence-corrected chi connectivity index (χ3v) is 3.83. The number of benzene rings is 1. The third-order valence-electron chi connectivity index (χ3n) is 3.83. The van der Waals surface area contributed by atoms with Gasteiger partial charge in [-0.25, -0.2) is 0 Å². The van der Waals surface area contributed by atoms with Crippen LogP contribution < -0.4 is 4.90 Å². The Hall–Kier alpha value is -2.03. The van der Waals surface area contributed by atoms with Crippen LogP contribution >= 0.6 is 0 Å². The fourth-order valence-electron chi connectivity index (χ4n) is 2.72. The molecule has 0 atom stereocenters. The monoisotopic (exact) mass is 254 g/mol. The zero-order valence-corrected chi connectivity index (χ0v) is 11.2. The second-order valence-corrected chi connectivity index (χ2v) is 5.03. The highest BCUT2D eigenvalue weighted by Gasteiger charge is 2.23. The summed E-state index contributed by atoms with van der Waals surface area (Å²) in [6.45, 7) is 0.825. The minimum absolute atomic E-state index is 0.228. The first kappa shape index (κ1) is 12.0. The summed E-state index contributed by atoms with van der Waals surface area (Å²) in [5.41, 5.74) is 3.59. The first-order valence-corrected chi connectivity index (χ1v) is 6.74. The summed E-state index contributed by atoms with van der Waals surface area (Å²) in [7, 11) is 2.02. The van der Waals surface area contributed by atoms with Crippen molar-refractivity contribution in [3.63, 3.8) is 0 Å². The molecule has 3 rings (SSSR count). The number of aryl methyl sites for hydroxylation is 2. The summed E-state index contributed by atoms with van der Waals surface area (Å²) in [4.78, 5) is 14.3. The molecule has 0 fully saturated rings. The standard InChI is InChI=1S/C16H18N2O/c1-17-11-4-6-14(17)8-9-16(19)18-12-10-13-5-2-3-7-15(13)18/h2-7,11H,8-10,12H2,1H3. The van der Waals surface area contributed by atoms with E-state index in [1.807, 2.05) is 42.4 Å². The molecular formula is C16H18N2O. The highest BCUT2D eigenvalue weighted by molar-refractivity contribution is 5.95. The van der Waals surface area contributed by atoms with E-state index in [0.29, 0.717) is 6.42 Å². The van der Waals surface area contributed by atoms with Gasteiger partial charge in [0.1, 0.15) is 0 Å². The largest absolute Gasteiger partial charge is 0.354 e. The van der Waals surface area contributed by atoms with Crippen LogP contribution in [0.1, 0.15) is 17.7 Å². The van der Waals surface area contributed by atoms with Crippen LogP contribution in [-0.2, 0) is 24.7 Å². The Balaban J connectivity index is 1.68. The summed E-state index contributed by atoms with van der Waals surface area (Å²) in [5.74, 6) is 0.228. The number of rotatable bonds is 3. The number of carbonyl (C=O) groups excluding carboxylic acids is 1. The van der Waals surface area contributed by atoms with Gasteiger partial charge in [-0.05, 0) is 36.6 Å². The predicted molar refractivity (Wildman–Crippen MR) is 76.2 cm³/mol. The molecule has 98 valence electrons. The van der Waals surface area contributed by atoms with Crippen molar-refractivity contribution >= 4 is 11.6 Å². The second kappa shape index (κ2) is 4.92. The Morgan fingerprint density at radius 2 is 2.05 bits per heavy atom. The van der Waals surface area contributed by atoms with Crippen LogP contribution in [0, 0.1) is 0 Å². The van der Waals surface area contributed by atoms with E-state index in [1.165, 1.54) is 11.3 Å². The maximum absolute atomic E-state index is 12.3. The number of nitrogens with zero attached hydrogens (tertiary/aromatic N) is 2. The summed E-state index contributed by atoms with van der Waals surface area (Å²) >= 11 is 0. The zero-order valence-electron chi connectivity index (χ0n) is 11.2. The van der Waals surface area contributed by atoms with Crippen molar-refractivity contribution < 1.29 is 4.79 Å². The lowest BCUT2D eigenvalue weighted by Crippen LogP contribution is -2.29. The third kappa shape index (κ3) is 2.28. The first-order chi connectivity index (χ1) is 9.25. The van der Waals surface area contributed by atoms with Gasteiger partial charge in [-0.3, -0.25) is 4.79 Å². The number of para-hydroxylation sites is 1. The molecule has 1 aromatic heterocycles. The average Bonchev–Trinajstić information content (AvgIpc) is 3.02. The van der Waals surface area contributed by atoms with Crippen LogP contribution in [0.2, 0.25) is 0 Å². The number of anilines is 1. The van der Waals surface area contributed by atoms with Gasteiger partial charge >= 0.3 is 0 Å². The molecule has 1 aliphatic rings. The van der Waals surface area contributed by atoms with Gasteiger partial charge in [-0.15, -0.1) is 0 Å². The lowest BCUT2D eigenvalue weighted by atomic mass is 10.2. The van der Waals surface area contributed by atoms with E-state index in [-0.39, 0.29) is 5.91 Å². The van der Waals surface area contributed by atoms with E-state index in [2.05, 4.69) is 16.7 Å². The van der Waals surface area contributed by atoms with Gasteiger partial charge in [0.25, 0.3) is 0 Å². The van der Waals surface area contributed by atoms with E-state index in [0.717, 1.165) is 25.1 Å². The lowest BCUT2D eigenvalue weighted by Gasteiger charge is -2.17. The summed E-state index contributed by atoms with van der Waals surface area (Å²) in [6, 6.07) is 12.3. The molecule has 1 aliphatic heterocycles. The van der Waals surface area contributed by atoms with Crippen molar-refractivity contribution in [2.24, 2.45) is 7.05 Å². The van der Waals surface area contributed by atoms with Gasteiger partial charge in [0.15, 0.2) is 0 Å². The van der Waals surface area contributed by atoms with Gasteiger partial charge in [0, 0.05) is 37.6 Å². The molecule has 0 radical (unpaired) electrons. The Morgan fingerprint density at radius 3 is 2.84 bits per heavy atom. The Morgan fingerprint density at radius 1 is 1.21 bits per heavy atom. The number of aromatic nitrogens is 1. The number of hydrogen-bond acceptors (Lipinski definition) is 1. The van der Waals surface area contributed by atoms with E-state index >= 15 is 0 Å². The molecule has 0 bridgehead atoms. The maximum atomic E-state index is 12.3. The average molecular weight is 254 g/mol. The zero-order chi connectivity index (χ0) is 13.2. The van der Waals surface area contributed by atoms with Crippen LogP contribution in [0.25, 0.3) is 0 Å². The fraction of sp³-hybridized carbons (Fsp3) is 0.312. The Kier molecular flexibility index (Phi) is 3.11. The molecule has 0 aliphatic carbocycles. The van der Waals surface area contributed by atoms with Crippen LogP contribution in [0.15, 0.2) is 42.6 Å². The normalized spacial score (nSPS) is 13.6. The smallest absolute Gasteiger partial charge is 0.227 e. The van der Waals surface area contributed by atoms with Crippen molar-refractivity contribution in [3.05, 3.63) is 53.9 Å². The quantitative estimate of drug-likeness (QED) is 0.826. The minimum Gasteiger partial charge on any atom is -0.354 e. The maximum Gasteiger partial charge on any atom is 0.227 e. The molecule has 0 saturated carbocycles. The molecule has 19 heavy (non-hydrogen) atoms. The fourth-order valence-corrected chi connectivity index (χ4v) is 2.72. The molecule has 0 N–H and O–H groups in total. The minimum atomic E-state index is 0.228. The Bertz CT molecular complexity index is 600. The van der Waals surface area contributed by atoms with Crippen molar-refractivity contribution in [1.29, 1.82) is 0 Å². The van der Waals surface area contributed by atoms with Crippen molar-refractivity contribution in [2.45, 2.75) is 19.3 Å². The van der Waals surface area contributed by atoms with E-state index < -0.39 is 0 Å². The lowest BCUT2D eigenvalue weighted by molar-refractivity contribution is -0.118. The molecule has 1 amide bonds. The summed E-state index contributed by atoms with van der Waals surface area (Å²) in [5, 5.41) is 0. The molecule has 3 heteroatoms. The molecule has 0 saturated heterocycles. The van der Waals surface area contributed by atoms with Crippen LogP contribution in [0.4, 0.5) is 5.69 Å². The predicted octanol–water partition coefficient (Wildman–Crippen LogP) is 2.55. The SMILES string of the molecule is Cn1cccc1CCC(=O)N1CCc2ccccc21. The molecular weight excluding hydrogens is 236 g/mol. The van der Waals surface area contributed by atoms with Crippen molar-refractivity contribution in [1.82, 2.24) is 4.57 Å². The van der Waals surface area contributed by atoms with Gasteiger partial charge in [0.2, 0.25) is 5.91 Å². The molecule has 2 aromatic rings. The molecule has 3 nitrogen and oxygen atoms in total. The molecule has 1 aromatic carbocycles. The van der Waals surface area contributed by atoms with Crippen LogP contribution in [0.5, 0.6) is 0 Å².